The second-order valence-electron chi connectivity index (χ2n) is 5.75. The minimum Gasteiger partial charge on any atom is -0.490 e. The molecule has 0 aliphatic heterocycles. The number of methoxy groups -OCH3 is 1. The van der Waals surface area contributed by atoms with Gasteiger partial charge in [-0.1, -0.05) is 13.8 Å². The fourth-order valence-electron chi connectivity index (χ4n) is 2.84. The van der Waals surface area contributed by atoms with Gasteiger partial charge in [0.25, 0.3) is 0 Å². The molecule has 3 atom stereocenters. The number of rotatable bonds is 4. The third kappa shape index (κ3) is 3.21. The summed E-state index contributed by atoms with van der Waals surface area (Å²) in [5, 5.41) is 14.4. The molecule has 0 heterocycles. The van der Waals surface area contributed by atoms with Crippen molar-refractivity contribution >= 4 is 11.4 Å². The first-order valence-electron chi connectivity index (χ1n) is 7.10. The number of benzene rings is 1. The fourth-order valence-corrected chi connectivity index (χ4v) is 2.84. The Labute approximate surface area is 119 Å². The molecule has 0 radical (unpaired) electrons. The minimum absolute atomic E-state index is 0.00901. The number of hydrogen-bond donors (Lipinski definition) is 1. The van der Waals surface area contributed by atoms with E-state index in [2.05, 4.69) is 19.2 Å². The van der Waals surface area contributed by atoms with E-state index < -0.39 is 4.92 Å². The van der Waals surface area contributed by atoms with E-state index in [0.717, 1.165) is 24.4 Å². The summed E-state index contributed by atoms with van der Waals surface area (Å²) < 4.78 is 5.01. The van der Waals surface area contributed by atoms with Gasteiger partial charge >= 0.3 is 5.69 Å². The zero-order valence-corrected chi connectivity index (χ0v) is 12.3. The first-order valence-corrected chi connectivity index (χ1v) is 7.10. The van der Waals surface area contributed by atoms with Crippen LogP contribution in [0.3, 0.4) is 0 Å². The first-order chi connectivity index (χ1) is 9.51. The molecule has 1 N–H and O–H groups in total. The van der Waals surface area contributed by atoms with Gasteiger partial charge in [-0.25, -0.2) is 0 Å². The topological polar surface area (TPSA) is 64.4 Å². The molecule has 5 heteroatoms. The van der Waals surface area contributed by atoms with E-state index >= 15 is 0 Å². The Morgan fingerprint density at radius 2 is 2.05 bits per heavy atom. The molecule has 2 rings (SSSR count). The van der Waals surface area contributed by atoms with Crippen LogP contribution in [0.4, 0.5) is 11.4 Å². The average molecular weight is 278 g/mol. The van der Waals surface area contributed by atoms with Gasteiger partial charge in [0.15, 0.2) is 5.75 Å². The lowest BCUT2D eigenvalue weighted by Gasteiger charge is -2.33. The van der Waals surface area contributed by atoms with Crippen molar-refractivity contribution in [2.24, 2.45) is 11.8 Å². The van der Waals surface area contributed by atoms with Crippen LogP contribution in [0.5, 0.6) is 5.75 Å². The normalized spacial score (nSPS) is 26.1. The van der Waals surface area contributed by atoms with Crippen LogP contribution in [-0.2, 0) is 0 Å². The van der Waals surface area contributed by atoms with Crippen molar-refractivity contribution in [3.63, 3.8) is 0 Å². The highest BCUT2D eigenvalue weighted by Gasteiger charge is 2.25. The first kappa shape index (κ1) is 14.6. The number of nitro benzene ring substituents is 1. The molecule has 110 valence electrons. The van der Waals surface area contributed by atoms with E-state index in [9.17, 15) is 10.1 Å². The van der Waals surface area contributed by atoms with Crippen LogP contribution in [0.25, 0.3) is 0 Å². The average Bonchev–Trinajstić information content (AvgIpc) is 2.43. The monoisotopic (exact) mass is 278 g/mol. The van der Waals surface area contributed by atoms with Crippen molar-refractivity contribution in [3.05, 3.63) is 28.3 Å². The summed E-state index contributed by atoms with van der Waals surface area (Å²) in [5.41, 5.74) is 0.805. The predicted octanol–water partition coefficient (Wildman–Crippen LogP) is 3.84. The molecule has 1 saturated carbocycles. The largest absolute Gasteiger partial charge is 0.490 e. The van der Waals surface area contributed by atoms with Crippen LogP contribution >= 0.6 is 0 Å². The van der Waals surface area contributed by atoms with Crippen molar-refractivity contribution in [2.75, 3.05) is 12.4 Å². The Morgan fingerprint density at radius 3 is 2.65 bits per heavy atom. The van der Waals surface area contributed by atoms with Crippen LogP contribution in [0.1, 0.15) is 33.1 Å². The summed E-state index contributed by atoms with van der Waals surface area (Å²) in [5.74, 6) is 1.75. The zero-order valence-electron chi connectivity index (χ0n) is 12.3. The maximum atomic E-state index is 11.0. The van der Waals surface area contributed by atoms with Crippen LogP contribution in [0.2, 0.25) is 0 Å². The van der Waals surface area contributed by atoms with Gasteiger partial charge in [0.05, 0.1) is 12.0 Å². The fraction of sp³-hybridized carbons (Fsp3) is 0.600. The van der Waals surface area contributed by atoms with Gasteiger partial charge in [0, 0.05) is 17.8 Å². The third-order valence-electron chi connectivity index (χ3n) is 4.34. The molecule has 0 spiro atoms. The molecule has 1 aromatic carbocycles. The molecule has 3 unspecified atom stereocenters. The van der Waals surface area contributed by atoms with E-state index in [4.69, 9.17) is 4.74 Å². The zero-order chi connectivity index (χ0) is 14.7. The molecule has 0 saturated heterocycles. The Morgan fingerprint density at radius 1 is 1.30 bits per heavy atom. The van der Waals surface area contributed by atoms with Crippen LogP contribution in [0, 0.1) is 22.0 Å². The third-order valence-corrected chi connectivity index (χ3v) is 4.34. The Balaban J connectivity index is 2.10. The SMILES string of the molecule is COc1ccc(NC2CCC(C)C(C)C2)cc1[N+](=O)[O-]. The number of nitrogens with one attached hydrogen (secondary N) is 1. The summed E-state index contributed by atoms with van der Waals surface area (Å²) >= 11 is 0. The Bertz CT molecular complexity index is 490. The molecular weight excluding hydrogens is 256 g/mol. The second-order valence-corrected chi connectivity index (χ2v) is 5.75. The molecule has 1 aliphatic rings. The predicted molar refractivity (Wildman–Crippen MR) is 79.2 cm³/mol. The lowest BCUT2D eigenvalue weighted by Crippen LogP contribution is -2.30. The highest BCUT2D eigenvalue weighted by atomic mass is 16.6. The van der Waals surface area contributed by atoms with Gasteiger partial charge in [0.1, 0.15) is 0 Å². The van der Waals surface area contributed by atoms with E-state index in [-0.39, 0.29) is 5.69 Å². The summed E-state index contributed by atoms with van der Waals surface area (Å²) in [4.78, 5) is 10.6. The van der Waals surface area contributed by atoms with Gasteiger partial charge in [-0.3, -0.25) is 10.1 Å². The van der Waals surface area contributed by atoms with Crippen LogP contribution in [0.15, 0.2) is 18.2 Å². The second kappa shape index (κ2) is 6.11. The molecule has 0 amide bonds. The van der Waals surface area contributed by atoms with Gasteiger partial charge < -0.3 is 10.1 Å². The van der Waals surface area contributed by atoms with Crippen molar-refractivity contribution in [2.45, 2.75) is 39.2 Å². The smallest absolute Gasteiger partial charge is 0.312 e. The maximum Gasteiger partial charge on any atom is 0.312 e. The van der Waals surface area contributed by atoms with E-state index in [1.807, 2.05) is 6.07 Å². The molecule has 0 bridgehead atoms. The summed E-state index contributed by atoms with van der Waals surface area (Å²) in [6.45, 7) is 4.56. The molecule has 0 aromatic heterocycles. The standard InChI is InChI=1S/C15H22N2O3/c1-10-4-5-12(8-11(10)2)16-13-6-7-15(20-3)14(9-13)17(18)19/h6-7,9-12,16H,4-5,8H2,1-3H3. The Hall–Kier alpha value is -1.78. The highest BCUT2D eigenvalue weighted by molar-refractivity contribution is 5.58. The molecule has 1 aromatic rings. The number of ether oxygens (including phenoxy) is 1. The van der Waals surface area contributed by atoms with Crippen molar-refractivity contribution in [1.82, 2.24) is 0 Å². The number of nitro groups is 1. The summed E-state index contributed by atoms with van der Waals surface area (Å²) in [6.07, 6.45) is 3.43. The maximum absolute atomic E-state index is 11.0. The number of hydrogen-bond acceptors (Lipinski definition) is 4. The van der Waals surface area contributed by atoms with E-state index in [1.54, 1.807) is 12.1 Å². The molecule has 20 heavy (non-hydrogen) atoms. The van der Waals surface area contributed by atoms with Crippen molar-refractivity contribution < 1.29 is 9.66 Å². The molecule has 1 fully saturated rings. The number of anilines is 1. The van der Waals surface area contributed by atoms with Crippen LogP contribution < -0.4 is 10.1 Å². The van der Waals surface area contributed by atoms with E-state index in [1.165, 1.54) is 13.5 Å². The Kier molecular flexibility index (Phi) is 4.47. The highest BCUT2D eigenvalue weighted by Crippen LogP contribution is 2.33. The lowest BCUT2D eigenvalue weighted by atomic mass is 9.79. The summed E-state index contributed by atoms with van der Waals surface area (Å²) in [6, 6.07) is 5.44. The molecular formula is C15H22N2O3. The quantitative estimate of drug-likeness (QED) is 0.671. The van der Waals surface area contributed by atoms with Crippen molar-refractivity contribution in [1.29, 1.82) is 0 Å². The number of nitrogens with zero attached hydrogens (tertiary/aromatic N) is 1. The van der Waals surface area contributed by atoms with E-state index in [0.29, 0.717) is 17.7 Å². The van der Waals surface area contributed by atoms with Gasteiger partial charge in [-0.05, 0) is 43.2 Å². The van der Waals surface area contributed by atoms with Gasteiger partial charge in [0.2, 0.25) is 0 Å². The minimum atomic E-state index is -0.407. The summed E-state index contributed by atoms with van der Waals surface area (Å²) in [7, 11) is 1.44. The van der Waals surface area contributed by atoms with Gasteiger partial charge in [-0.2, -0.15) is 0 Å². The molecule has 5 nitrogen and oxygen atoms in total. The van der Waals surface area contributed by atoms with Crippen LogP contribution in [-0.4, -0.2) is 18.1 Å². The van der Waals surface area contributed by atoms with Gasteiger partial charge in [-0.15, -0.1) is 0 Å². The van der Waals surface area contributed by atoms with Crippen molar-refractivity contribution in [3.8, 4) is 5.75 Å². The lowest BCUT2D eigenvalue weighted by molar-refractivity contribution is -0.385. The molecule has 1 aliphatic carbocycles.